The number of rotatable bonds is 6. The summed E-state index contributed by atoms with van der Waals surface area (Å²) >= 11 is 1.40. The maximum atomic E-state index is 11.4. The summed E-state index contributed by atoms with van der Waals surface area (Å²) in [5, 5.41) is 14.8. The van der Waals surface area contributed by atoms with Gasteiger partial charge >= 0.3 is 5.97 Å². The Hall–Kier alpha value is -1.50. The summed E-state index contributed by atoms with van der Waals surface area (Å²) < 4.78 is 5.01. The van der Waals surface area contributed by atoms with Crippen LogP contribution in [-0.2, 0) is 15.3 Å². The van der Waals surface area contributed by atoms with Gasteiger partial charge in [-0.1, -0.05) is 5.16 Å². The minimum absolute atomic E-state index is 0.210. The average molecular weight is 272 g/mol. The number of hydrogen-bond acceptors (Lipinski definition) is 5. The van der Waals surface area contributed by atoms with Gasteiger partial charge in [0.2, 0.25) is 5.91 Å². The highest BCUT2D eigenvalue weighted by Crippen LogP contribution is 2.19. The first-order valence-electron chi connectivity index (χ1n) is 5.43. The summed E-state index contributed by atoms with van der Waals surface area (Å²) in [5.74, 6) is 0.248. The van der Waals surface area contributed by atoms with Crippen LogP contribution in [0.25, 0.3) is 0 Å². The van der Waals surface area contributed by atoms with Crippen molar-refractivity contribution < 1.29 is 19.2 Å². The van der Waals surface area contributed by atoms with Gasteiger partial charge in [0.1, 0.15) is 11.8 Å². The first kappa shape index (κ1) is 14.6. The zero-order chi connectivity index (χ0) is 13.7. The van der Waals surface area contributed by atoms with Crippen LogP contribution in [0.3, 0.4) is 0 Å². The van der Waals surface area contributed by atoms with Gasteiger partial charge in [0.15, 0.2) is 0 Å². The molecule has 0 fully saturated rings. The number of carbonyl (C=O) groups excluding carboxylic acids is 1. The van der Waals surface area contributed by atoms with Crippen LogP contribution in [0.1, 0.15) is 23.9 Å². The van der Waals surface area contributed by atoms with Gasteiger partial charge in [-0.15, -0.1) is 11.8 Å². The number of carbonyl (C=O) groups is 2. The fourth-order valence-corrected chi connectivity index (χ4v) is 2.29. The number of nitrogens with one attached hydrogen (secondary N) is 1. The van der Waals surface area contributed by atoms with Crippen LogP contribution in [0, 0.1) is 13.8 Å². The third kappa shape index (κ3) is 4.06. The van der Waals surface area contributed by atoms with E-state index in [4.69, 9.17) is 9.63 Å². The van der Waals surface area contributed by atoms with Crippen LogP contribution < -0.4 is 5.32 Å². The molecule has 0 aromatic carbocycles. The topological polar surface area (TPSA) is 92.4 Å². The number of amides is 1. The van der Waals surface area contributed by atoms with Crippen molar-refractivity contribution in [3.8, 4) is 0 Å². The van der Waals surface area contributed by atoms with Crippen molar-refractivity contribution in [3.63, 3.8) is 0 Å². The van der Waals surface area contributed by atoms with Gasteiger partial charge in [0, 0.05) is 11.3 Å². The highest BCUT2D eigenvalue weighted by Gasteiger charge is 2.14. The molecule has 0 unspecified atom stereocenters. The number of aliphatic carboxylic acids is 1. The molecule has 0 aliphatic heterocycles. The molecule has 100 valence electrons. The molecule has 0 aliphatic carbocycles. The summed E-state index contributed by atoms with van der Waals surface area (Å²) in [6.45, 7) is 5.10. The lowest BCUT2D eigenvalue weighted by atomic mass is 10.2. The van der Waals surface area contributed by atoms with Gasteiger partial charge in [-0.3, -0.25) is 9.59 Å². The number of carboxylic acids is 1. The average Bonchev–Trinajstić information content (AvgIpc) is 2.60. The van der Waals surface area contributed by atoms with Crippen molar-refractivity contribution in [1.29, 1.82) is 0 Å². The standard InChI is InChI=1S/C11H16N2O4S/c1-6-9(8(3)17-13-6)4-18-5-10(14)12-7(2)11(15)16/h7H,4-5H2,1-3H3,(H,12,14)(H,15,16)/t7-/m0/s1. The zero-order valence-electron chi connectivity index (χ0n) is 10.5. The monoisotopic (exact) mass is 272 g/mol. The Morgan fingerprint density at radius 1 is 1.50 bits per heavy atom. The third-order valence-corrected chi connectivity index (χ3v) is 3.37. The Bertz CT molecular complexity index is 425. The predicted molar refractivity (Wildman–Crippen MR) is 67.4 cm³/mol. The molecule has 0 aliphatic rings. The van der Waals surface area contributed by atoms with E-state index in [1.165, 1.54) is 18.7 Å². The first-order valence-corrected chi connectivity index (χ1v) is 6.59. The largest absolute Gasteiger partial charge is 0.480 e. The van der Waals surface area contributed by atoms with Crippen LogP contribution in [0.2, 0.25) is 0 Å². The van der Waals surface area contributed by atoms with E-state index in [1.807, 2.05) is 13.8 Å². The van der Waals surface area contributed by atoms with Gasteiger partial charge in [-0.2, -0.15) is 0 Å². The second-order valence-electron chi connectivity index (χ2n) is 3.92. The third-order valence-electron chi connectivity index (χ3n) is 2.41. The van der Waals surface area contributed by atoms with Crippen LogP contribution in [0.4, 0.5) is 0 Å². The van der Waals surface area contributed by atoms with Gasteiger partial charge in [0.25, 0.3) is 0 Å². The van der Waals surface area contributed by atoms with Crippen LogP contribution in [0.5, 0.6) is 0 Å². The molecule has 0 saturated heterocycles. The molecule has 1 aromatic heterocycles. The van der Waals surface area contributed by atoms with Crippen molar-refractivity contribution in [2.24, 2.45) is 0 Å². The lowest BCUT2D eigenvalue weighted by Crippen LogP contribution is -2.39. The Morgan fingerprint density at radius 3 is 2.67 bits per heavy atom. The fraction of sp³-hybridized carbons (Fsp3) is 0.545. The number of aromatic nitrogens is 1. The molecule has 2 N–H and O–H groups in total. The minimum Gasteiger partial charge on any atom is -0.480 e. The Morgan fingerprint density at radius 2 is 2.17 bits per heavy atom. The number of thioether (sulfide) groups is 1. The van der Waals surface area contributed by atoms with Crippen molar-refractivity contribution in [3.05, 3.63) is 17.0 Å². The van der Waals surface area contributed by atoms with Gasteiger partial charge in [0.05, 0.1) is 11.4 Å². The minimum atomic E-state index is -1.04. The molecule has 0 radical (unpaired) electrons. The maximum Gasteiger partial charge on any atom is 0.325 e. The fourth-order valence-electron chi connectivity index (χ4n) is 1.30. The second-order valence-corrected chi connectivity index (χ2v) is 4.91. The van der Waals surface area contributed by atoms with Crippen LogP contribution in [0.15, 0.2) is 4.52 Å². The molecular formula is C11H16N2O4S. The van der Waals surface area contributed by atoms with Crippen molar-refractivity contribution in [2.75, 3.05) is 5.75 Å². The maximum absolute atomic E-state index is 11.4. The van der Waals surface area contributed by atoms with Crippen LogP contribution in [-0.4, -0.2) is 33.9 Å². The highest BCUT2D eigenvalue weighted by molar-refractivity contribution is 7.99. The quantitative estimate of drug-likeness (QED) is 0.806. The molecule has 0 bridgehead atoms. The van der Waals surface area contributed by atoms with E-state index < -0.39 is 12.0 Å². The number of nitrogens with zero attached hydrogens (tertiary/aromatic N) is 1. The Labute approximate surface area is 109 Å². The molecular weight excluding hydrogens is 256 g/mol. The van der Waals surface area contributed by atoms with E-state index in [0.717, 1.165) is 17.0 Å². The van der Waals surface area contributed by atoms with Gasteiger partial charge < -0.3 is 14.9 Å². The summed E-state index contributed by atoms with van der Waals surface area (Å²) in [5.41, 5.74) is 1.80. The van der Waals surface area contributed by atoms with E-state index in [-0.39, 0.29) is 11.7 Å². The summed E-state index contributed by atoms with van der Waals surface area (Å²) in [6, 6.07) is -0.864. The molecule has 1 atom stereocenters. The molecule has 6 nitrogen and oxygen atoms in total. The molecule has 1 amide bonds. The smallest absolute Gasteiger partial charge is 0.325 e. The van der Waals surface area contributed by atoms with Crippen molar-refractivity contribution in [2.45, 2.75) is 32.6 Å². The van der Waals surface area contributed by atoms with Crippen LogP contribution >= 0.6 is 11.8 Å². The molecule has 1 rings (SSSR count). The van der Waals surface area contributed by atoms with Gasteiger partial charge in [-0.25, -0.2) is 0 Å². The lowest BCUT2D eigenvalue weighted by molar-refractivity contribution is -0.140. The van der Waals surface area contributed by atoms with E-state index in [9.17, 15) is 9.59 Å². The van der Waals surface area contributed by atoms with E-state index in [0.29, 0.717) is 5.75 Å². The molecule has 7 heteroatoms. The first-order chi connectivity index (χ1) is 8.41. The lowest BCUT2D eigenvalue weighted by Gasteiger charge is -2.08. The molecule has 1 heterocycles. The Balaban J connectivity index is 2.34. The SMILES string of the molecule is Cc1noc(C)c1CSCC(=O)N[C@@H](C)C(=O)O. The highest BCUT2D eigenvalue weighted by atomic mass is 32.2. The molecule has 1 aromatic rings. The molecule has 18 heavy (non-hydrogen) atoms. The summed E-state index contributed by atoms with van der Waals surface area (Å²) in [6.07, 6.45) is 0. The van der Waals surface area contributed by atoms with E-state index in [1.54, 1.807) is 0 Å². The summed E-state index contributed by atoms with van der Waals surface area (Å²) in [7, 11) is 0. The van der Waals surface area contributed by atoms with Crippen molar-refractivity contribution >= 4 is 23.6 Å². The normalized spacial score (nSPS) is 12.2. The molecule has 0 spiro atoms. The van der Waals surface area contributed by atoms with E-state index in [2.05, 4.69) is 10.5 Å². The Kier molecular flexibility index (Phi) is 5.21. The van der Waals surface area contributed by atoms with E-state index >= 15 is 0 Å². The number of aryl methyl sites for hydroxylation is 2. The predicted octanol–water partition coefficient (Wildman–Crippen LogP) is 1.11. The number of hydrogen-bond donors (Lipinski definition) is 2. The zero-order valence-corrected chi connectivity index (χ0v) is 11.3. The summed E-state index contributed by atoms with van der Waals surface area (Å²) in [4.78, 5) is 22.0. The van der Waals surface area contributed by atoms with Gasteiger partial charge in [-0.05, 0) is 20.8 Å². The van der Waals surface area contributed by atoms with Crippen molar-refractivity contribution in [1.82, 2.24) is 10.5 Å². The number of carboxylic acid groups (broad SMARTS) is 1. The molecule has 0 saturated carbocycles. The second kappa shape index (κ2) is 6.44.